The highest BCUT2D eigenvalue weighted by molar-refractivity contribution is 5.94. The van der Waals surface area contributed by atoms with Crippen molar-refractivity contribution in [3.8, 4) is 0 Å². The van der Waals surface area contributed by atoms with E-state index in [1.165, 1.54) is 6.07 Å². The molecule has 1 atom stereocenters. The molecule has 0 aromatic heterocycles. The number of piperidine rings is 1. The minimum absolute atomic E-state index is 0. The number of rotatable bonds is 3. The van der Waals surface area contributed by atoms with Gasteiger partial charge in [0.05, 0.1) is 0 Å². The number of benzene rings is 1. The standard InChI is InChI=1S/C14H18F2N2O.ClH/c1-17-8-10-3-2-6-18(9-10)14(19)11-4-5-12(15)13(16)7-11;/h4-5,7,10,17H,2-3,6,8-9H2,1H3;1H. The highest BCUT2D eigenvalue weighted by atomic mass is 35.5. The summed E-state index contributed by atoms with van der Waals surface area (Å²) in [6.45, 7) is 2.21. The molecule has 1 heterocycles. The second-order valence-corrected chi connectivity index (χ2v) is 4.95. The zero-order valence-electron chi connectivity index (χ0n) is 11.4. The molecule has 1 saturated heterocycles. The Labute approximate surface area is 123 Å². The van der Waals surface area contributed by atoms with Crippen molar-refractivity contribution in [2.45, 2.75) is 12.8 Å². The van der Waals surface area contributed by atoms with Gasteiger partial charge in [-0.15, -0.1) is 12.4 Å². The molecule has 1 fully saturated rings. The highest BCUT2D eigenvalue weighted by Gasteiger charge is 2.24. The van der Waals surface area contributed by atoms with Gasteiger partial charge < -0.3 is 10.2 Å². The Morgan fingerprint density at radius 3 is 2.80 bits per heavy atom. The first-order valence-corrected chi connectivity index (χ1v) is 6.50. The molecule has 0 radical (unpaired) electrons. The normalized spacial score (nSPS) is 18.6. The second kappa shape index (κ2) is 7.55. The van der Waals surface area contributed by atoms with Crippen molar-refractivity contribution in [1.82, 2.24) is 10.2 Å². The van der Waals surface area contributed by atoms with Gasteiger partial charge in [0.2, 0.25) is 0 Å². The second-order valence-electron chi connectivity index (χ2n) is 4.95. The van der Waals surface area contributed by atoms with Crippen molar-refractivity contribution >= 4 is 18.3 Å². The summed E-state index contributed by atoms with van der Waals surface area (Å²) in [6.07, 6.45) is 2.03. The van der Waals surface area contributed by atoms with E-state index in [4.69, 9.17) is 0 Å². The number of likely N-dealkylation sites (tertiary alicyclic amines) is 1. The zero-order chi connectivity index (χ0) is 13.8. The number of nitrogens with one attached hydrogen (secondary N) is 1. The Bertz CT molecular complexity index is 468. The van der Waals surface area contributed by atoms with Crippen LogP contribution in [0.5, 0.6) is 0 Å². The van der Waals surface area contributed by atoms with Gasteiger partial charge in [0, 0.05) is 18.7 Å². The van der Waals surface area contributed by atoms with Crippen LogP contribution in [0.3, 0.4) is 0 Å². The monoisotopic (exact) mass is 304 g/mol. The van der Waals surface area contributed by atoms with Gasteiger partial charge in [-0.1, -0.05) is 0 Å². The average Bonchev–Trinajstić information content (AvgIpc) is 2.42. The molecule has 0 aliphatic carbocycles. The summed E-state index contributed by atoms with van der Waals surface area (Å²) in [5.41, 5.74) is 0.212. The van der Waals surface area contributed by atoms with Gasteiger partial charge in [-0.05, 0) is 50.6 Å². The van der Waals surface area contributed by atoms with Crippen molar-refractivity contribution in [2.24, 2.45) is 5.92 Å². The van der Waals surface area contributed by atoms with Crippen LogP contribution >= 0.6 is 12.4 Å². The molecule has 1 amide bonds. The SMILES string of the molecule is CNCC1CCCN(C(=O)c2ccc(F)c(F)c2)C1.Cl. The van der Waals surface area contributed by atoms with Crippen LogP contribution in [0.4, 0.5) is 8.78 Å². The maximum atomic E-state index is 13.1. The molecule has 1 aliphatic rings. The van der Waals surface area contributed by atoms with E-state index in [1.54, 1.807) is 4.90 Å². The Morgan fingerprint density at radius 1 is 1.40 bits per heavy atom. The van der Waals surface area contributed by atoms with Gasteiger partial charge in [-0.2, -0.15) is 0 Å². The molecule has 1 aliphatic heterocycles. The molecule has 6 heteroatoms. The number of carbonyl (C=O) groups excluding carboxylic acids is 1. The zero-order valence-corrected chi connectivity index (χ0v) is 12.2. The van der Waals surface area contributed by atoms with Gasteiger partial charge in [0.25, 0.3) is 5.91 Å². The third kappa shape index (κ3) is 3.90. The first-order chi connectivity index (χ1) is 9.11. The quantitative estimate of drug-likeness (QED) is 0.930. The van der Waals surface area contributed by atoms with Crippen LogP contribution in [0.1, 0.15) is 23.2 Å². The van der Waals surface area contributed by atoms with Crippen molar-refractivity contribution in [3.05, 3.63) is 35.4 Å². The van der Waals surface area contributed by atoms with Crippen molar-refractivity contribution < 1.29 is 13.6 Å². The van der Waals surface area contributed by atoms with Crippen LogP contribution in [0, 0.1) is 17.6 Å². The van der Waals surface area contributed by atoms with Crippen LogP contribution in [0.2, 0.25) is 0 Å². The lowest BCUT2D eigenvalue weighted by molar-refractivity contribution is 0.0673. The van der Waals surface area contributed by atoms with Crippen molar-refractivity contribution in [1.29, 1.82) is 0 Å². The van der Waals surface area contributed by atoms with Crippen molar-refractivity contribution in [2.75, 3.05) is 26.7 Å². The highest BCUT2D eigenvalue weighted by Crippen LogP contribution is 2.19. The third-order valence-electron chi connectivity index (χ3n) is 3.47. The smallest absolute Gasteiger partial charge is 0.253 e. The van der Waals surface area contributed by atoms with Gasteiger partial charge in [-0.3, -0.25) is 4.79 Å². The molecule has 1 unspecified atom stereocenters. The summed E-state index contributed by atoms with van der Waals surface area (Å²) < 4.78 is 26.0. The molecule has 3 nitrogen and oxygen atoms in total. The van der Waals surface area contributed by atoms with E-state index in [1.807, 2.05) is 7.05 Å². The summed E-state index contributed by atoms with van der Waals surface area (Å²) in [4.78, 5) is 13.9. The number of hydrogen-bond donors (Lipinski definition) is 1. The first-order valence-electron chi connectivity index (χ1n) is 6.50. The molecular weight excluding hydrogens is 286 g/mol. The van der Waals surface area contributed by atoms with E-state index in [0.717, 1.165) is 31.5 Å². The predicted molar refractivity (Wildman–Crippen MR) is 76.2 cm³/mol. The molecular formula is C14H19ClF2N2O. The molecule has 0 saturated carbocycles. The molecule has 2 rings (SSSR count). The summed E-state index contributed by atoms with van der Waals surface area (Å²) in [5.74, 6) is -1.70. The van der Waals surface area contributed by atoms with Crippen LogP contribution in [-0.4, -0.2) is 37.5 Å². The Morgan fingerprint density at radius 2 is 2.15 bits per heavy atom. The van der Waals surface area contributed by atoms with Gasteiger partial charge in [0.1, 0.15) is 0 Å². The minimum atomic E-state index is -0.977. The third-order valence-corrected chi connectivity index (χ3v) is 3.47. The summed E-state index contributed by atoms with van der Waals surface area (Å²) >= 11 is 0. The average molecular weight is 305 g/mol. The van der Waals surface area contributed by atoms with E-state index >= 15 is 0 Å². The Hall–Kier alpha value is -1.20. The fourth-order valence-electron chi connectivity index (χ4n) is 2.52. The summed E-state index contributed by atoms with van der Waals surface area (Å²) in [7, 11) is 1.89. The lowest BCUT2D eigenvalue weighted by Crippen LogP contribution is -2.42. The van der Waals surface area contributed by atoms with E-state index in [9.17, 15) is 13.6 Å². The number of carbonyl (C=O) groups is 1. The first kappa shape index (κ1) is 16.9. The van der Waals surface area contributed by atoms with E-state index in [2.05, 4.69) is 5.32 Å². The molecule has 1 aromatic carbocycles. The van der Waals surface area contributed by atoms with Crippen LogP contribution in [0.15, 0.2) is 18.2 Å². The molecule has 20 heavy (non-hydrogen) atoms. The van der Waals surface area contributed by atoms with E-state index < -0.39 is 11.6 Å². The lowest BCUT2D eigenvalue weighted by atomic mass is 9.97. The number of halogens is 3. The van der Waals surface area contributed by atoms with Crippen LogP contribution in [-0.2, 0) is 0 Å². The number of nitrogens with zero attached hydrogens (tertiary/aromatic N) is 1. The molecule has 0 spiro atoms. The Balaban J connectivity index is 0.00000200. The number of amides is 1. The fourth-order valence-corrected chi connectivity index (χ4v) is 2.52. The maximum Gasteiger partial charge on any atom is 0.253 e. The molecule has 112 valence electrons. The molecule has 0 bridgehead atoms. The largest absolute Gasteiger partial charge is 0.338 e. The van der Waals surface area contributed by atoms with Gasteiger partial charge in [0.15, 0.2) is 11.6 Å². The van der Waals surface area contributed by atoms with Crippen LogP contribution < -0.4 is 5.32 Å². The topological polar surface area (TPSA) is 32.3 Å². The van der Waals surface area contributed by atoms with E-state index in [0.29, 0.717) is 19.0 Å². The van der Waals surface area contributed by atoms with Gasteiger partial charge in [-0.25, -0.2) is 8.78 Å². The van der Waals surface area contributed by atoms with Gasteiger partial charge >= 0.3 is 0 Å². The Kier molecular flexibility index (Phi) is 6.36. The molecule has 1 aromatic rings. The fraction of sp³-hybridized carbons (Fsp3) is 0.500. The molecule has 1 N–H and O–H groups in total. The number of hydrogen-bond acceptors (Lipinski definition) is 2. The maximum absolute atomic E-state index is 13.1. The van der Waals surface area contributed by atoms with Crippen molar-refractivity contribution in [3.63, 3.8) is 0 Å². The minimum Gasteiger partial charge on any atom is -0.338 e. The van der Waals surface area contributed by atoms with Crippen LogP contribution in [0.25, 0.3) is 0 Å². The summed E-state index contributed by atoms with van der Waals surface area (Å²) in [5, 5.41) is 3.11. The predicted octanol–water partition coefficient (Wildman–Crippen LogP) is 2.46. The van der Waals surface area contributed by atoms with E-state index in [-0.39, 0.29) is 23.9 Å². The summed E-state index contributed by atoms with van der Waals surface area (Å²) in [6, 6.07) is 3.30. The lowest BCUT2D eigenvalue weighted by Gasteiger charge is -2.32.